The summed E-state index contributed by atoms with van der Waals surface area (Å²) in [6, 6.07) is 22.9. The molecule has 0 aliphatic rings. The van der Waals surface area contributed by atoms with Crippen LogP contribution in [0.15, 0.2) is 72.8 Å². The highest BCUT2D eigenvalue weighted by Gasteiger charge is 2.06. The standard InChI is InChI=1S/C22H22N2O2/c1-16-5-3-7-19(13-16)23-15-26-21-11-9-18(10-12-21)22(25)24-20-8-4-6-17(2)14-20/h3-14,23H,15H2,1-2H3,(H,24,25). The highest BCUT2D eigenvalue weighted by atomic mass is 16.5. The summed E-state index contributed by atoms with van der Waals surface area (Å²) in [6.07, 6.45) is 0. The van der Waals surface area contributed by atoms with Crippen molar-refractivity contribution in [2.24, 2.45) is 0 Å². The molecule has 0 aromatic heterocycles. The number of rotatable bonds is 6. The summed E-state index contributed by atoms with van der Waals surface area (Å²) in [7, 11) is 0. The molecule has 0 fully saturated rings. The first kappa shape index (κ1) is 17.5. The van der Waals surface area contributed by atoms with Crippen LogP contribution in [0.3, 0.4) is 0 Å². The summed E-state index contributed by atoms with van der Waals surface area (Å²) in [4.78, 5) is 12.3. The highest BCUT2D eigenvalue weighted by molar-refractivity contribution is 6.04. The van der Waals surface area contributed by atoms with Crippen LogP contribution in [0.25, 0.3) is 0 Å². The molecule has 0 radical (unpaired) electrons. The molecule has 0 heterocycles. The molecule has 0 unspecified atom stereocenters. The Morgan fingerprint density at radius 1 is 0.846 bits per heavy atom. The van der Waals surface area contributed by atoms with E-state index in [1.54, 1.807) is 24.3 Å². The lowest BCUT2D eigenvalue weighted by molar-refractivity contribution is 0.102. The smallest absolute Gasteiger partial charge is 0.255 e. The van der Waals surface area contributed by atoms with E-state index >= 15 is 0 Å². The molecular formula is C22H22N2O2. The molecule has 3 aromatic rings. The largest absolute Gasteiger partial charge is 0.473 e. The molecule has 0 saturated heterocycles. The normalized spacial score (nSPS) is 10.2. The van der Waals surface area contributed by atoms with Crippen LogP contribution in [-0.2, 0) is 0 Å². The third-order valence-corrected chi connectivity index (χ3v) is 3.93. The summed E-state index contributed by atoms with van der Waals surface area (Å²) in [5.41, 5.74) is 4.69. The average Bonchev–Trinajstić information content (AvgIpc) is 2.62. The van der Waals surface area contributed by atoms with Gasteiger partial charge in [-0.05, 0) is 73.5 Å². The van der Waals surface area contributed by atoms with Crippen molar-refractivity contribution in [3.8, 4) is 5.75 Å². The van der Waals surface area contributed by atoms with Crippen molar-refractivity contribution in [2.45, 2.75) is 13.8 Å². The number of nitrogens with one attached hydrogen (secondary N) is 2. The summed E-state index contributed by atoms with van der Waals surface area (Å²) in [6.45, 7) is 4.40. The Bertz CT molecular complexity index is 889. The lowest BCUT2D eigenvalue weighted by Gasteiger charge is -2.10. The molecule has 3 rings (SSSR count). The van der Waals surface area contributed by atoms with Crippen LogP contribution in [0.2, 0.25) is 0 Å². The number of carbonyl (C=O) groups is 1. The van der Waals surface area contributed by atoms with Gasteiger partial charge in [-0.15, -0.1) is 0 Å². The molecule has 0 spiro atoms. The van der Waals surface area contributed by atoms with E-state index < -0.39 is 0 Å². The maximum atomic E-state index is 12.3. The Kier molecular flexibility index (Phi) is 5.54. The Hall–Kier alpha value is -3.27. The fourth-order valence-corrected chi connectivity index (χ4v) is 2.59. The van der Waals surface area contributed by atoms with E-state index in [0.717, 1.165) is 16.9 Å². The lowest BCUT2D eigenvalue weighted by Crippen LogP contribution is -2.12. The molecule has 132 valence electrons. The fourth-order valence-electron chi connectivity index (χ4n) is 2.59. The van der Waals surface area contributed by atoms with E-state index in [9.17, 15) is 4.79 Å². The second kappa shape index (κ2) is 8.21. The first-order valence-electron chi connectivity index (χ1n) is 8.51. The minimum atomic E-state index is -0.139. The molecule has 0 atom stereocenters. The van der Waals surface area contributed by atoms with Crippen molar-refractivity contribution in [1.29, 1.82) is 0 Å². The third-order valence-electron chi connectivity index (χ3n) is 3.93. The van der Waals surface area contributed by atoms with Gasteiger partial charge in [0.25, 0.3) is 5.91 Å². The van der Waals surface area contributed by atoms with E-state index in [2.05, 4.69) is 16.7 Å². The second-order valence-corrected chi connectivity index (χ2v) is 6.18. The Balaban J connectivity index is 1.53. The van der Waals surface area contributed by atoms with Crippen molar-refractivity contribution in [3.05, 3.63) is 89.5 Å². The van der Waals surface area contributed by atoms with Crippen LogP contribution in [0.1, 0.15) is 21.5 Å². The number of benzene rings is 3. The first-order chi connectivity index (χ1) is 12.6. The maximum Gasteiger partial charge on any atom is 0.255 e. The number of amides is 1. The molecule has 0 saturated carbocycles. The zero-order valence-corrected chi connectivity index (χ0v) is 15.0. The van der Waals surface area contributed by atoms with Gasteiger partial charge in [0.1, 0.15) is 5.75 Å². The van der Waals surface area contributed by atoms with Crippen LogP contribution < -0.4 is 15.4 Å². The second-order valence-electron chi connectivity index (χ2n) is 6.18. The van der Waals surface area contributed by atoms with Gasteiger partial charge < -0.3 is 15.4 Å². The molecular weight excluding hydrogens is 324 g/mol. The fraction of sp³-hybridized carbons (Fsp3) is 0.136. The summed E-state index contributed by atoms with van der Waals surface area (Å²) < 4.78 is 5.68. The predicted octanol–water partition coefficient (Wildman–Crippen LogP) is 5.00. The van der Waals surface area contributed by atoms with Gasteiger partial charge in [-0.2, -0.15) is 0 Å². The molecule has 4 nitrogen and oxygen atoms in total. The van der Waals surface area contributed by atoms with Gasteiger partial charge in [-0.3, -0.25) is 4.79 Å². The minimum absolute atomic E-state index is 0.139. The first-order valence-corrected chi connectivity index (χ1v) is 8.51. The van der Waals surface area contributed by atoms with Crippen molar-refractivity contribution in [2.75, 3.05) is 17.4 Å². The van der Waals surface area contributed by atoms with Gasteiger partial charge >= 0.3 is 0 Å². The monoisotopic (exact) mass is 346 g/mol. The van der Waals surface area contributed by atoms with Crippen LogP contribution >= 0.6 is 0 Å². The number of ether oxygens (including phenoxy) is 1. The molecule has 4 heteroatoms. The van der Waals surface area contributed by atoms with Crippen molar-refractivity contribution < 1.29 is 9.53 Å². The highest BCUT2D eigenvalue weighted by Crippen LogP contribution is 2.16. The number of aryl methyl sites for hydroxylation is 2. The quantitative estimate of drug-likeness (QED) is 0.617. The Labute approximate surface area is 153 Å². The van der Waals surface area contributed by atoms with Crippen LogP contribution in [0.4, 0.5) is 11.4 Å². The van der Waals surface area contributed by atoms with E-state index in [-0.39, 0.29) is 5.91 Å². The number of hydrogen-bond donors (Lipinski definition) is 2. The summed E-state index contributed by atoms with van der Waals surface area (Å²) in [5, 5.41) is 6.10. The van der Waals surface area contributed by atoms with Crippen LogP contribution in [-0.4, -0.2) is 12.6 Å². The van der Waals surface area contributed by atoms with Gasteiger partial charge in [0, 0.05) is 16.9 Å². The average molecular weight is 346 g/mol. The molecule has 0 bridgehead atoms. The zero-order chi connectivity index (χ0) is 18.4. The maximum absolute atomic E-state index is 12.3. The van der Waals surface area contributed by atoms with E-state index in [0.29, 0.717) is 18.0 Å². The van der Waals surface area contributed by atoms with Crippen molar-refractivity contribution in [3.63, 3.8) is 0 Å². The number of carbonyl (C=O) groups excluding carboxylic acids is 1. The van der Waals surface area contributed by atoms with Crippen LogP contribution in [0.5, 0.6) is 5.75 Å². The lowest BCUT2D eigenvalue weighted by atomic mass is 10.2. The predicted molar refractivity (Wildman–Crippen MR) is 106 cm³/mol. The van der Waals surface area contributed by atoms with Gasteiger partial charge in [-0.1, -0.05) is 24.3 Å². The van der Waals surface area contributed by atoms with E-state index in [1.807, 2.05) is 56.3 Å². The molecule has 1 amide bonds. The molecule has 3 aromatic carbocycles. The number of hydrogen-bond acceptors (Lipinski definition) is 3. The van der Waals surface area contributed by atoms with Gasteiger partial charge in [0.15, 0.2) is 6.73 Å². The third kappa shape index (κ3) is 4.86. The summed E-state index contributed by atoms with van der Waals surface area (Å²) >= 11 is 0. The Morgan fingerprint density at radius 2 is 1.46 bits per heavy atom. The molecule has 0 aliphatic carbocycles. The van der Waals surface area contributed by atoms with Crippen LogP contribution in [0, 0.1) is 13.8 Å². The molecule has 2 N–H and O–H groups in total. The molecule has 26 heavy (non-hydrogen) atoms. The SMILES string of the molecule is Cc1cccc(NCOc2ccc(C(=O)Nc3cccc(C)c3)cc2)c1. The Morgan fingerprint density at radius 3 is 2.12 bits per heavy atom. The van der Waals surface area contributed by atoms with Gasteiger partial charge in [0.05, 0.1) is 0 Å². The van der Waals surface area contributed by atoms with Crippen molar-refractivity contribution in [1.82, 2.24) is 0 Å². The van der Waals surface area contributed by atoms with Crippen molar-refractivity contribution >= 4 is 17.3 Å². The topological polar surface area (TPSA) is 50.4 Å². The van der Waals surface area contributed by atoms with Gasteiger partial charge in [-0.25, -0.2) is 0 Å². The number of anilines is 2. The molecule has 0 aliphatic heterocycles. The summed E-state index contributed by atoms with van der Waals surface area (Å²) in [5.74, 6) is 0.567. The van der Waals surface area contributed by atoms with E-state index in [1.165, 1.54) is 5.56 Å². The zero-order valence-electron chi connectivity index (χ0n) is 15.0. The van der Waals surface area contributed by atoms with Gasteiger partial charge in [0.2, 0.25) is 0 Å². The minimum Gasteiger partial charge on any atom is -0.473 e. The van der Waals surface area contributed by atoms with E-state index in [4.69, 9.17) is 4.74 Å².